The second-order valence-electron chi connectivity index (χ2n) is 7.85. The number of hydrogen-bond donors (Lipinski definition) is 0. The van der Waals surface area contributed by atoms with Gasteiger partial charge in [-0.15, -0.1) is 0 Å². The summed E-state index contributed by atoms with van der Waals surface area (Å²) in [6, 6.07) is 2.97. The maximum absolute atomic E-state index is 13.3. The van der Waals surface area contributed by atoms with Gasteiger partial charge >= 0.3 is 6.18 Å². The van der Waals surface area contributed by atoms with Gasteiger partial charge in [-0.2, -0.15) is 18.3 Å². The summed E-state index contributed by atoms with van der Waals surface area (Å²) >= 11 is 0. The Morgan fingerprint density at radius 2 is 1.71 bits per heavy atom. The summed E-state index contributed by atoms with van der Waals surface area (Å²) in [5, 5.41) is 3.92. The molecule has 0 radical (unpaired) electrons. The number of nitrogens with zero attached hydrogens (tertiary/aromatic N) is 7. The Kier molecular flexibility index (Phi) is 4.67. The van der Waals surface area contributed by atoms with E-state index in [1.54, 1.807) is 11.1 Å². The van der Waals surface area contributed by atoms with Crippen molar-refractivity contribution in [2.75, 3.05) is 36.0 Å². The zero-order chi connectivity index (χ0) is 21.8. The third kappa shape index (κ3) is 3.63. The molecule has 3 aromatic rings. The Morgan fingerprint density at radius 3 is 2.39 bits per heavy atom. The molecule has 0 amide bonds. The van der Waals surface area contributed by atoms with E-state index in [9.17, 15) is 22.0 Å². The van der Waals surface area contributed by atoms with Crippen LogP contribution in [0, 0.1) is 11.8 Å². The molecule has 0 bridgehead atoms. The Balaban J connectivity index is 1.33. The normalized spacial score (nSPS) is 21.5. The Bertz CT molecular complexity index is 1080. The van der Waals surface area contributed by atoms with E-state index >= 15 is 0 Å². The average molecular weight is 439 g/mol. The smallest absolute Gasteiger partial charge is 0.369 e. The first kappa shape index (κ1) is 19.9. The summed E-state index contributed by atoms with van der Waals surface area (Å²) in [5.74, 6) is 0.872. The van der Waals surface area contributed by atoms with Crippen molar-refractivity contribution < 1.29 is 22.0 Å². The van der Waals surface area contributed by atoms with Crippen molar-refractivity contribution in [2.45, 2.75) is 19.1 Å². The molecule has 2 atom stereocenters. The van der Waals surface area contributed by atoms with E-state index in [2.05, 4.69) is 20.1 Å². The van der Waals surface area contributed by atoms with Crippen molar-refractivity contribution >= 4 is 22.7 Å². The van der Waals surface area contributed by atoms with Gasteiger partial charge in [0.25, 0.3) is 6.43 Å². The van der Waals surface area contributed by atoms with Gasteiger partial charge in [0, 0.05) is 44.2 Å². The SMILES string of the molecule is FC(F)Cn1ncc2ncc(N3C[C@@H]4CN(c5cccnc5C(F)(F)F)C[C@H]4C3)nc21. The van der Waals surface area contributed by atoms with Crippen LogP contribution in [0.1, 0.15) is 5.69 Å². The maximum Gasteiger partial charge on any atom is 0.435 e. The summed E-state index contributed by atoms with van der Waals surface area (Å²) in [4.78, 5) is 16.1. The number of hydrogen-bond acceptors (Lipinski definition) is 6. The lowest BCUT2D eigenvalue weighted by atomic mass is 10.0. The van der Waals surface area contributed by atoms with Crippen LogP contribution >= 0.6 is 0 Å². The third-order valence-electron chi connectivity index (χ3n) is 5.85. The van der Waals surface area contributed by atoms with E-state index in [-0.39, 0.29) is 17.5 Å². The summed E-state index contributed by atoms with van der Waals surface area (Å²) < 4.78 is 66.6. The lowest BCUT2D eigenvalue weighted by Gasteiger charge is -2.25. The molecule has 2 saturated heterocycles. The minimum Gasteiger partial charge on any atom is -0.369 e. The van der Waals surface area contributed by atoms with E-state index in [1.165, 1.54) is 18.3 Å². The van der Waals surface area contributed by atoms with Crippen molar-refractivity contribution in [3.63, 3.8) is 0 Å². The van der Waals surface area contributed by atoms with E-state index in [4.69, 9.17) is 0 Å². The zero-order valence-corrected chi connectivity index (χ0v) is 16.2. The highest BCUT2D eigenvalue weighted by Gasteiger charge is 2.44. The van der Waals surface area contributed by atoms with Gasteiger partial charge in [-0.05, 0) is 12.1 Å². The van der Waals surface area contributed by atoms with Gasteiger partial charge in [-0.1, -0.05) is 0 Å². The molecular formula is C19H18F5N7. The molecule has 2 fully saturated rings. The second kappa shape index (κ2) is 7.27. The van der Waals surface area contributed by atoms with E-state index in [1.807, 2.05) is 4.90 Å². The van der Waals surface area contributed by atoms with Crippen LogP contribution in [0.4, 0.5) is 33.5 Å². The predicted molar refractivity (Wildman–Crippen MR) is 102 cm³/mol. The van der Waals surface area contributed by atoms with Crippen LogP contribution in [0.5, 0.6) is 0 Å². The van der Waals surface area contributed by atoms with Crippen molar-refractivity contribution in [1.29, 1.82) is 0 Å². The molecule has 0 unspecified atom stereocenters. The highest BCUT2D eigenvalue weighted by atomic mass is 19.4. The van der Waals surface area contributed by atoms with E-state index < -0.39 is 24.8 Å². The number of halogens is 5. The van der Waals surface area contributed by atoms with Crippen LogP contribution in [0.15, 0.2) is 30.7 Å². The van der Waals surface area contributed by atoms with Crippen molar-refractivity contribution in [2.24, 2.45) is 11.8 Å². The number of anilines is 2. The maximum atomic E-state index is 13.3. The molecule has 3 aromatic heterocycles. The minimum atomic E-state index is -4.51. The molecular weight excluding hydrogens is 421 g/mol. The van der Waals surface area contributed by atoms with Gasteiger partial charge < -0.3 is 9.80 Å². The Hall–Kier alpha value is -3.05. The summed E-state index contributed by atoms with van der Waals surface area (Å²) in [6.45, 7) is 1.61. The molecule has 2 aliphatic rings. The molecule has 5 rings (SSSR count). The fraction of sp³-hybridized carbons (Fsp3) is 0.474. The van der Waals surface area contributed by atoms with Gasteiger partial charge in [0.1, 0.15) is 17.9 Å². The predicted octanol–water partition coefficient (Wildman–Crippen LogP) is 3.08. The van der Waals surface area contributed by atoms with Gasteiger partial charge in [0.2, 0.25) is 0 Å². The van der Waals surface area contributed by atoms with Gasteiger partial charge in [-0.25, -0.2) is 28.4 Å². The first-order valence-electron chi connectivity index (χ1n) is 9.78. The fourth-order valence-electron chi connectivity index (χ4n) is 4.50. The summed E-state index contributed by atoms with van der Waals surface area (Å²) in [5.41, 5.74) is -0.0311. The molecule has 12 heteroatoms. The molecule has 0 aromatic carbocycles. The van der Waals surface area contributed by atoms with Crippen LogP contribution < -0.4 is 9.80 Å². The third-order valence-corrected chi connectivity index (χ3v) is 5.85. The second-order valence-corrected chi connectivity index (χ2v) is 7.85. The molecule has 0 aliphatic carbocycles. The molecule has 5 heterocycles. The number of rotatable bonds is 4. The standard InChI is InChI=1S/C19H18F5N7/c20-15(21)10-31-18-13(4-27-31)26-5-16(28-18)30-8-11-6-29(7-12(11)9-30)14-2-1-3-25-17(14)19(22,23)24/h1-5,11-12,15H,6-10H2/t11-,12-/m0/s1. The molecule has 164 valence electrons. The highest BCUT2D eigenvalue weighted by Crippen LogP contribution is 2.40. The highest BCUT2D eigenvalue weighted by molar-refractivity contribution is 5.71. The number of aromatic nitrogens is 5. The lowest BCUT2D eigenvalue weighted by Crippen LogP contribution is -2.30. The molecule has 0 spiro atoms. The van der Waals surface area contributed by atoms with Crippen molar-refractivity contribution in [1.82, 2.24) is 24.7 Å². The monoisotopic (exact) mass is 439 g/mol. The van der Waals surface area contributed by atoms with Gasteiger partial charge in [0.15, 0.2) is 11.3 Å². The van der Waals surface area contributed by atoms with Gasteiger partial charge in [0.05, 0.1) is 18.1 Å². The zero-order valence-electron chi connectivity index (χ0n) is 16.2. The molecule has 0 saturated carbocycles. The van der Waals surface area contributed by atoms with E-state index in [0.29, 0.717) is 43.2 Å². The average Bonchev–Trinajstić information content (AvgIpc) is 3.40. The van der Waals surface area contributed by atoms with Crippen LogP contribution in [-0.2, 0) is 12.7 Å². The molecule has 31 heavy (non-hydrogen) atoms. The minimum absolute atomic E-state index is 0.105. The number of pyridine rings is 1. The summed E-state index contributed by atoms with van der Waals surface area (Å²) in [6.07, 6.45) is -2.93. The van der Waals surface area contributed by atoms with Gasteiger partial charge in [-0.3, -0.25) is 0 Å². The van der Waals surface area contributed by atoms with Crippen LogP contribution in [0.2, 0.25) is 0 Å². The number of alkyl halides is 5. The largest absolute Gasteiger partial charge is 0.435 e. The van der Waals surface area contributed by atoms with Crippen molar-refractivity contribution in [3.05, 3.63) is 36.4 Å². The first-order valence-corrected chi connectivity index (χ1v) is 9.78. The van der Waals surface area contributed by atoms with Crippen LogP contribution in [0.25, 0.3) is 11.2 Å². The Labute approximate surface area is 173 Å². The van der Waals surface area contributed by atoms with Crippen LogP contribution in [-0.4, -0.2) is 57.3 Å². The lowest BCUT2D eigenvalue weighted by molar-refractivity contribution is -0.140. The van der Waals surface area contributed by atoms with E-state index in [0.717, 1.165) is 10.9 Å². The quantitative estimate of drug-likeness (QED) is 0.583. The molecule has 0 N–H and O–H groups in total. The topological polar surface area (TPSA) is 63.0 Å². The Morgan fingerprint density at radius 1 is 1.00 bits per heavy atom. The number of fused-ring (bicyclic) bond motifs is 2. The first-order chi connectivity index (χ1) is 14.8. The fourth-order valence-corrected chi connectivity index (χ4v) is 4.50. The van der Waals surface area contributed by atoms with Crippen molar-refractivity contribution in [3.8, 4) is 0 Å². The van der Waals surface area contributed by atoms with Crippen LogP contribution in [0.3, 0.4) is 0 Å². The molecule has 2 aliphatic heterocycles. The summed E-state index contributed by atoms with van der Waals surface area (Å²) in [7, 11) is 0. The molecule has 7 nitrogen and oxygen atoms in total.